The van der Waals surface area contributed by atoms with E-state index in [1.807, 2.05) is 45.9 Å². The standard InChI is InChI=1S/C41H44N4O8/c1-9-23-20(2)29-17-34-27-13-10-26(39(49)52-7)38(40(50)53-8)41(27,5)35(45-34)19-30-22(4)24(11-14-36(46)47)32(44-30)18-33-25(12-15-37(48)51-6)21(3)28(43-33)16-31(23)42-29/h9-10,13,16-17,19,32,38,42-43H,1,11-12,14-15,18H2,2-8H3,(H,46,47)/b29-17?,31-16-,35-19-/t32?,38-,41+/m1/s1. The van der Waals surface area contributed by atoms with Crippen molar-refractivity contribution in [3.63, 3.8) is 0 Å². The fourth-order valence-electron chi connectivity index (χ4n) is 8.08. The number of hydrogen-bond donors (Lipinski definition) is 3. The number of hydrogen-bond acceptors (Lipinski definition) is 9. The van der Waals surface area contributed by atoms with Crippen LogP contribution >= 0.6 is 0 Å². The summed E-state index contributed by atoms with van der Waals surface area (Å²) in [5, 5.41) is 11.3. The van der Waals surface area contributed by atoms with Crippen LogP contribution in [0.1, 0.15) is 66.8 Å². The maximum Gasteiger partial charge on any atom is 0.334 e. The quantitative estimate of drug-likeness (QED) is 0.257. The summed E-state index contributed by atoms with van der Waals surface area (Å²) in [6, 6.07) is -0.424. The normalized spacial score (nSPS) is 23.2. The fourth-order valence-corrected chi connectivity index (χ4v) is 8.08. The van der Waals surface area contributed by atoms with E-state index in [0.717, 1.165) is 55.5 Å². The molecule has 0 spiro atoms. The minimum atomic E-state index is -1.17. The summed E-state index contributed by atoms with van der Waals surface area (Å²) in [7, 11) is 3.92. The van der Waals surface area contributed by atoms with E-state index in [-0.39, 0.29) is 30.8 Å². The summed E-state index contributed by atoms with van der Waals surface area (Å²) >= 11 is 0. The van der Waals surface area contributed by atoms with Crippen LogP contribution in [0.5, 0.6) is 0 Å². The second-order valence-electron chi connectivity index (χ2n) is 13.8. The van der Waals surface area contributed by atoms with E-state index in [1.165, 1.54) is 21.3 Å². The van der Waals surface area contributed by atoms with Crippen molar-refractivity contribution in [2.24, 2.45) is 21.3 Å². The average molecular weight is 721 g/mol. The first kappa shape index (κ1) is 37.0. The Bertz CT molecular complexity index is 2290. The largest absolute Gasteiger partial charge is 0.481 e. The summed E-state index contributed by atoms with van der Waals surface area (Å²) in [5.74, 6) is -3.62. The molecule has 53 heavy (non-hydrogen) atoms. The number of H-pyrrole nitrogens is 2. The SMILES string of the molecule is C=Cc1c(C)c2[nH]/c1=C\c1[nH]c(c(CCC(=O)OC)c1C)CC1N=C(/C=C3\N=C(C=2)C2=CC=C(C(=O)OC)[C@H](C(=O)OC)[C@@]23C)C(C)=C1CCC(=O)O. The van der Waals surface area contributed by atoms with E-state index >= 15 is 0 Å². The van der Waals surface area contributed by atoms with Crippen molar-refractivity contribution >= 4 is 53.5 Å². The number of aliphatic carboxylic acids is 1. The molecule has 0 saturated heterocycles. The fraction of sp³-hybridized carbons (Fsp3) is 0.366. The predicted octanol–water partition coefficient (Wildman–Crippen LogP) is 4.05. The van der Waals surface area contributed by atoms with Gasteiger partial charge < -0.3 is 29.3 Å². The highest BCUT2D eigenvalue weighted by Gasteiger charge is 2.55. The number of allylic oxidation sites excluding steroid dienone is 5. The number of fused-ring (bicyclic) bond motifs is 9. The van der Waals surface area contributed by atoms with Crippen molar-refractivity contribution in [1.82, 2.24) is 9.97 Å². The first-order chi connectivity index (χ1) is 25.3. The van der Waals surface area contributed by atoms with Gasteiger partial charge in [0.15, 0.2) is 0 Å². The summed E-state index contributed by atoms with van der Waals surface area (Å²) in [6.45, 7) is 11.9. The molecule has 0 amide bonds. The van der Waals surface area contributed by atoms with E-state index in [9.17, 15) is 24.3 Å². The topological polar surface area (TPSA) is 172 Å². The van der Waals surface area contributed by atoms with Crippen LogP contribution in [0, 0.1) is 25.2 Å². The second kappa shape index (κ2) is 14.3. The lowest BCUT2D eigenvalue weighted by Crippen LogP contribution is -2.41. The number of carboxylic acid groups (broad SMARTS) is 1. The number of ether oxygens (including phenoxy) is 3. The first-order valence-corrected chi connectivity index (χ1v) is 17.5. The maximum atomic E-state index is 13.7. The Morgan fingerprint density at radius 3 is 2.36 bits per heavy atom. The van der Waals surface area contributed by atoms with Crippen molar-refractivity contribution in [3.05, 3.63) is 97.1 Å². The molecule has 1 unspecified atom stereocenters. The minimum Gasteiger partial charge on any atom is -0.481 e. The van der Waals surface area contributed by atoms with Gasteiger partial charge in [-0.15, -0.1) is 0 Å². The van der Waals surface area contributed by atoms with Crippen molar-refractivity contribution < 1.29 is 38.5 Å². The number of esters is 3. The van der Waals surface area contributed by atoms with Gasteiger partial charge in [0.05, 0.1) is 55.5 Å². The number of aromatic amines is 2. The number of rotatable bonds is 9. The Labute approximate surface area is 307 Å². The maximum absolute atomic E-state index is 13.7. The summed E-state index contributed by atoms with van der Waals surface area (Å²) in [6.07, 6.45) is 12.2. The summed E-state index contributed by atoms with van der Waals surface area (Å²) in [4.78, 5) is 68.4. The first-order valence-electron chi connectivity index (χ1n) is 17.5. The van der Waals surface area contributed by atoms with Gasteiger partial charge >= 0.3 is 23.9 Å². The molecular formula is C41H44N4O8. The number of carboxylic acids is 1. The molecule has 0 aromatic carbocycles. The number of carbonyl (C=O) groups is 4. The lowest BCUT2D eigenvalue weighted by molar-refractivity contribution is -0.150. The van der Waals surface area contributed by atoms with Crippen LogP contribution in [0.2, 0.25) is 0 Å². The molecule has 12 nitrogen and oxygen atoms in total. The monoisotopic (exact) mass is 720 g/mol. The van der Waals surface area contributed by atoms with Gasteiger partial charge in [-0.1, -0.05) is 24.8 Å². The molecule has 2 aromatic rings. The zero-order chi connectivity index (χ0) is 38.4. The van der Waals surface area contributed by atoms with E-state index in [0.29, 0.717) is 35.5 Å². The number of carbonyl (C=O) groups excluding carboxylic acids is 3. The van der Waals surface area contributed by atoms with Crippen LogP contribution < -0.4 is 10.7 Å². The highest BCUT2D eigenvalue weighted by atomic mass is 16.5. The molecule has 2 aromatic heterocycles. The van der Waals surface area contributed by atoms with Gasteiger partial charge in [0.25, 0.3) is 0 Å². The Balaban J connectivity index is 1.66. The van der Waals surface area contributed by atoms with Gasteiger partial charge in [-0.3, -0.25) is 24.4 Å². The van der Waals surface area contributed by atoms with Gasteiger partial charge in [-0.2, -0.15) is 0 Å². The van der Waals surface area contributed by atoms with Crippen molar-refractivity contribution in [2.75, 3.05) is 21.3 Å². The molecule has 0 fully saturated rings. The Morgan fingerprint density at radius 2 is 1.70 bits per heavy atom. The smallest absolute Gasteiger partial charge is 0.334 e. The van der Waals surface area contributed by atoms with Crippen molar-refractivity contribution in [2.45, 2.75) is 65.8 Å². The summed E-state index contributed by atoms with van der Waals surface area (Å²) < 4.78 is 15.4. The molecule has 4 aliphatic rings. The molecule has 0 saturated carbocycles. The number of nitrogens with zero attached hydrogens (tertiary/aromatic N) is 2. The Morgan fingerprint density at radius 1 is 0.943 bits per heavy atom. The van der Waals surface area contributed by atoms with Gasteiger partial charge in [0.2, 0.25) is 0 Å². The van der Waals surface area contributed by atoms with Crippen LogP contribution in [0.4, 0.5) is 0 Å². The predicted molar refractivity (Wildman–Crippen MR) is 201 cm³/mol. The van der Waals surface area contributed by atoms with Crippen LogP contribution in [-0.2, 0) is 46.2 Å². The van der Waals surface area contributed by atoms with Crippen LogP contribution in [0.25, 0.3) is 18.2 Å². The number of nitrogens with one attached hydrogen (secondary N) is 2. The zero-order valence-electron chi connectivity index (χ0n) is 31.1. The number of aromatic nitrogens is 2. The molecule has 0 radical (unpaired) electrons. The highest BCUT2D eigenvalue weighted by molar-refractivity contribution is 6.25. The molecule has 12 heteroatoms. The lowest BCUT2D eigenvalue weighted by Gasteiger charge is -2.37. The van der Waals surface area contributed by atoms with E-state index in [1.54, 1.807) is 18.2 Å². The highest BCUT2D eigenvalue weighted by Crippen LogP contribution is 2.54. The molecule has 5 heterocycles. The molecule has 3 N–H and O–H groups in total. The van der Waals surface area contributed by atoms with Gasteiger partial charge in [0.1, 0.15) is 5.92 Å². The summed E-state index contributed by atoms with van der Waals surface area (Å²) in [5.41, 5.74) is 8.53. The number of methoxy groups -OCH3 is 3. The molecule has 6 rings (SSSR count). The van der Waals surface area contributed by atoms with Crippen molar-refractivity contribution in [3.8, 4) is 0 Å². The Kier molecular flexibility index (Phi) is 10.0. The number of aliphatic imine (C=N–C) groups is 2. The van der Waals surface area contributed by atoms with E-state index < -0.39 is 35.3 Å². The third kappa shape index (κ3) is 6.36. The van der Waals surface area contributed by atoms with Crippen LogP contribution in [-0.4, -0.2) is 77.7 Å². The van der Waals surface area contributed by atoms with Crippen LogP contribution in [0.15, 0.2) is 62.8 Å². The average Bonchev–Trinajstić information content (AvgIpc) is 3.79. The van der Waals surface area contributed by atoms with Gasteiger partial charge in [0, 0.05) is 46.9 Å². The van der Waals surface area contributed by atoms with Crippen molar-refractivity contribution in [1.29, 1.82) is 0 Å². The van der Waals surface area contributed by atoms with Gasteiger partial charge in [-0.25, -0.2) is 4.79 Å². The van der Waals surface area contributed by atoms with E-state index in [4.69, 9.17) is 24.2 Å². The molecule has 8 bridgehead atoms. The third-order valence-electron chi connectivity index (χ3n) is 11.1. The minimum absolute atomic E-state index is 0.0846. The van der Waals surface area contributed by atoms with Gasteiger partial charge in [-0.05, 0) is 92.2 Å². The zero-order valence-corrected chi connectivity index (χ0v) is 31.1. The Hall–Kier alpha value is -5.78. The van der Waals surface area contributed by atoms with Crippen LogP contribution in [0.3, 0.4) is 0 Å². The molecule has 3 atom stereocenters. The van der Waals surface area contributed by atoms with E-state index in [2.05, 4.69) is 16.5 Å². The lowest BCUT2D eigenvalue weighted by atomic mass is 9.64. The second-order valence-corrected chi connectivity index (χ2v) is 13.8. The molecule has 1 aliphatic carbocycles. The molecule has 3 aliphatic heterocycles. The molecule has 276 valence electrons. The molecular weight excluding hydrogens is 676 g/mol. The third-order valence-corrected chi connectivity index (χ3v) is 11.1.